The minimum Gasteiger partial charge on any atom is -0.311 e. The van der Waals surface area contributed by atoms with Crippen LogP contribution in [0.2, 0.25) is 0 Å². The molecule has 0 bridgehead atoms. The molecular weight excluding hydrogens is 226 g/mol. The maximum atomic E-state index is 11.8. The fraction of sp³-hybridized carbons (Fsp3) is 0.286. The predicted molar refractivity (Wildman–Crippen MR) is 71.5 cm³/mol. The lowest BCUT2D eigenvalue weighted by molar-refractivity contribution is -0.116. The van der Waals surface area contributed by atoms with Crippen molar-refractivity contribution in [2.45, 2.75) is 26.7 Å². The molecule has 2 rings (SSSR count). The van der Waals surface area contributed by atoms with Crippen molar-refractivity contribution >= 4 is 11.7 Å². The van der Waals surface area contributed by atoms with Gasteiger partial charge in [-0.2, -0.15) is 5.10 Å². The normalized spacial score (nSPS) is 10.3. The van der Waals surface area contributed by atoms with E-state index < -0.39 is 0 Å². The van der Waals surface area contributed by atoms with Crippen molar-refractivity contribution in [2.75, 3.05) is 5.32 Å². The molecule has 1 heterocycles. The summed E-state index contributed by atoms with van der Waals surface area (Å²) in [7, 11) is 0. The fourth-order valence-electron chi connectivity index (χ4n) is 1.80. The summed E-state index contributed by atoms with van der Waals surface area (Å²) in [6.07, 6.45) is 2.92. The van der Waals surface area contributed by atoms with Crippen LogP contribution in [-0.4, -0.2) is 16.1 Å². The van der Waals surface area contributed by atoms with Crippen LogP contribution in [0.3, 0.4) is 0 Å². The molecule has 4 heteroatoms. The Bertz CT molecular complexity index is 545. The van der Waals surface area contributed by atoms with E-state index >= 15 is 0 Å². The quantitative estimate of drug-likeness (QED) is 0.867. The van der Waals surface area contributed by atoms with Crippen LogP contribution < -0.4 is 5.32 Å². The maximum Gasteiger partial charge on any atom is 0.225 e. The molecule has 1 aromatic carbocycles. The van der Waals surface area contributed by atoms with Crippen molar-refractivity contribution in [2.24, 2.45) is 0 Å². The van der Waals surface area contributed by atoms with Gasteiger partial charge in [0.25, 0.3) is 0 Å². The van der Waals surface area contributed by atoms with E-state index in [0.717, 1.165) is 12.0 Å². The van der Waals surface area contributed by atoms with Gasteiger partial charge < -0.3 is 5.32 Å². The first-order chi connectivity index (χ1) is 8.65. The molecular formula is C14H17N3O. The van der Waals surface area contributed by atoms with E-state index in [-0.39, 0.29) is 5.91 Å². The van der Waals surface area contributed by atoms with Gasteiger partial charge in [0, 0.05) is 12.0 Å². The molecule has 0 radical (unpaired) electrons. The average Bonchev–Trinajstić information content (AvgIpc) is 2.73. The summed E-state index contributed by atoms with van der Waals surface area (Å²) in [5, 5.41) is 9.44. The van der Waals surface area contributed by atoms with Crippen molar-refractivity contribution in [3.8, 4) is 0 Å². The first-order valence-corrected chi connectivity index (χ1v) is 6.00. The zero-order chi connectivity index (χ0) is 13.0. The molecule has 2 aromatic rings. The first kappa shape index (κ1) is 12.4. The van der Waals surface area contributed by atoms with Crippen LogP contribution in [0.5, 0.6) is 0 Å². The van der Waals surface area contributed by atoms with Crippen LogP contribution in [0.4, 0.5) is 5.82 Å². The Labute approximate surface area is 106 Å². The highest BCUT2D eigenvalue weighted by Crippen LogP contribution is 2.10. The third-order valence-electron chi connectivity index (χ3n) is 2.82. The largest absolute Gasteiger partial charge is 0.311 e. The first-order valence-electron chi connectivity index (χ1n) is 6.00. The number of nitrogens with zero attached hydrogens (tertiary/aromatic N) is 1. The van der Waals surface area contributed by atoms with Gasteiger partial charge in [0.05, 0.1) is 6.20 Å². The lowest BCUT2D eigenvalue weighted by Gasteiger charge is -2.04. The Morgan fingerprint density at radius 2 is 2.22 bits per heavy atom. The van der Waals surface area contributed by atoms with E-state index in [1.165, 1.54) is 11.1 Å². The van der Waals surface area contributed by atoms with Gasteiger partial charge in [-0.05, 0) is 25.8 Å². The Morgan fingerprint density at radius 3 is 2.89 bits per heavy atom. The lowest BCUT2D eigenvalue weighted by Crippen LogP contribution is -2.13. The predicted octanol–water partition coefficient (Wildman–Crippen LogP) is 2.60. The summed E-state index contributed by atoms with van der Waals surface area (Å²) in [5.74, 6) is 0.688. The van der Waals surface area contributed by atoms with Crippen molar-refractivity contribution < 1.29 is 4.79 Å². The second kappa shape index (κ2) is 5.49. The van der Waals surface area contributed by atoms with Crippen LogP contribution in [0.15, 0.2) is 30.5 Å². The number of aryl methyl sites for hydroxylation is 3. The lowest BCUT2D eigenvalue weighted by atomic mass is 10.1. The van der Waals surface area contributed by atoms with Gasteiger partial charge in [-0.15, -0.1) is 0 Å². The fourth-order valence-corrected chi connectivity index (χ4v) is 1.80. The number of benzene rings is 1. The Morgan fingerprint density at radius 1 is 1.39 bits per heavy atom. The molecule has 0 aliphatic carbocycles. The van der Waals surface area contributed by atoms with Gasteiger partial charge in [-0.25, -0.2) is 0 Å². The Balaban J connectivity index is 1.87. The SMILES string of the molecule is Cc1cccc(CCC(=O)Nc2[nH]ncc2C)c1. The average molecular weight is 243 g/mol. The second-order valence-corrected chi connectivity index (χ2v) is 4.47. The number of carbonyl (C=O) groups is 1. The minimum atomic E-state index is 0.00357. The summed E-state index contributed by atoms with van der Waals surface area (Å²) < 4.78 is 0. The van der Waals surface area contributed by atoms with Crippen molar-refractivity contribution in [1.29, 1.82) is 0 Å². The molecule has 0 aliphatic rings. The van der Waals surface area contributed by atoms with Gasteiger partial charge in [0.15, 0.2) is 0 Å². The van der Waals surface area contributed by atoms with Crippen molar-refractivity contribution in [3.05, 3.63) is 47.2 Å². The molecule has 94 valence electrons. The third-order valence-corrected chi connectivity index (χ3v) is 2.82. The van der Waals surface area contributed by atoms with E-state index in [2.05, 4.69) is 34.6 Å². The van der Waals surface area contributed by atoms with Crippen LogP contribution >= 0.6 is 0 Å². The molecule has 0 saturated heterocycles. The zero-order valence-electron chi connectivity index (χ0n) is 10.7. The third kappa shape index (κ3) is 3.20. The van der Waals surface area contributed by atoms with Crippen LogP contribution in [0, 0.1) is 13.8 Å². The number of amides is 1. The molecule has 0 spiro atoms. The summed E-state index contributed by atoms with van der Waals surface area (Å²) in [6.45, 7) is 3.96. The monoisotopic (exact) mass is 243 g/mol. The molecule has 4 nitrogen and oxygen atoms in total. The van der Waals surface area contributed by atoms with E-state index in [1.807, 2.05) is 19.1 Å². The molecule has 2 N–H and O–H groups in total. The standard InChI is InChI=1S/C14H17N3O/c1-10-4-3-5-12(8-10)6-7-13(18)16-14-11(2)9-15-17-14/h3-5,8-9H,6-7H2,1-2H3,(H2,15,16,17,18). The molecule has 0 saturated carbocycles. The number of H-pyrrole nitrogens is 1. The number of aromatic amines is 1. The number of hydrogen-bond acceptors (Lipinski definition) is 2. The Hall–Kier alpha value is -2.10. The number of carbonyl (C=O) groups excluding carboxylic acids is 1. The summed E-state index contributed by atoms with van der Waals surface area (Å²) in [6, 6.07) is 8.22. The molecule has 1 amide bonds. The smallest absolute Gasteiger partial charge is 0.225 e. The van der Waals surface area contributed by atoms with Crippen LogP contribution in [-0.2, 0) is 11.2 Å². The van der Waals surface area contributed by atoms with Gasteiger partial charge in [-0.3, -0.25) is 9.89 Å². The van der Waals surface area contributed by atoms with Crippen LogP contribution in [0.25, 0.3) is 0 Å². The number of nitrogens with one attached hydrogen (secondary N) is 2. The van der Waals surface area contributed by atoms with Gasteiger partial charge in [0.2, 0.25) is 5.91 Å². The molecule has 1 aromatic heterocycles. The van der Waals surface area contributed by atoms with Gasteiger partial charge >= 0.3 is 0 Å². The van der Waals surface area contributed by atoms with E-state index in [9.17, 15) is 4.79 Å². The van der Waals surface area contributed by atoms with E-state index in [0.29, 0.717) is 12.2 Å². The zero-order valence-corrected chi connectivity index (χ0v) is 10.7. The summed E-state index contributed by atoms with van der Waals surface area (Å²) in [4.78, 5) is 11.8. The molecule has 0 fully saturated rings. The molecule has 0 unspecified atom stereocenters. The summed E-state index contributed by atoms with van der Waals surface area (Å²) >= 11 is 0. The molecule has 0 atom stereocenters. The van der Waals surface area contributed by atoms with Crippen LogP contribution in [0.1, 0.15) is 23.1 Å². The highest BCUT2D eigenvalue weighted by Gasteiger charge is 2.06. The topological polar surface area (TPSA) is 57.8 Å². The number of hydrogen-bond donors (Lipinski definition) is 2. The highest BCUT2D eigenvalue weighted by molar-refractivity contribution is 5.90. The van der Waals surface area contributed by atoms with Gasteiger partial charge in [-0.1, -0.05) is 29.8 Å². The molecule has 0 aliphatic heterocycles. The highest BCUT2D eigenvalue weighted by atomic mass is 16.1. The van der Waals surface area contributed by atoms with E-state index in [4.69, 9.17) is 0 Å². The van der Waals surface area contributed by atoms with Gasteiger partial charge in [0.1, 0.15) is 5.82 Å². The van der Waals surface area contributed by atoms with Crippen molar-refractivity contribution in [3.63, 3.8) is 0 Å². The maximum absolute atomic E-state index is 11.8. The number of aromatic nitrogens is 2. The van der Waals surface area contributed by atoms with Crippen molar-refractivity contribution in [1.82, 2.24) is 10.2 Å². The van der Waals surface area contributed by atoms with E-state index in [1.54, 1.807) is 6.20 Å². The second-order valence-electron chi connectivity index (χ2n) is 4.47. The minimum absolute atomic E-state index is 0.00357. The Kier molecular flexibility index (Phi) is 3.77. The summed E-state index contributed by atoms with van der Waals surface area (Å²) in [5.41, 5.74) is 3.35. The number of anilines is 1. The number of rotatable bonds is 4. The molecule has 18 heavy (non-hydrogen) atoms.